The van der Waals surface area contributed by atoms with Crippen molar-refractivity contribution >= 4 is 23.2 Å². The van der Waals surface area contributed by atoms with Crippen molar-refractivity contribution in [2.24, 2.45) is 0 Å². The van der Waals surface area contributed by atoms with Crippen molar-refractivity contribution < 1.29 is 0 Å². The molecule has 5 nitrogen and oxygen atoms in total. The quantitative estimate of drug-likeness (QED) is 0.723. The van der Waals surface area contributed by atoms with Crippen LogP contribution in [0, 0.1) is 0 Å². The third-order valence-electron chi connectivity index (χ3n) is 3.49. The fourth-order valence-corrected chi connectivity index (χ4v) is 2.79. The predicted molar refractivity (Wildman–Crippen MR) is 91.1 cm³/mol. The highest BCUT2D eigenvalue weighted by Gasteiger charge is 2.24. The maximum atomic E-state index is 6.08. The molecule has 0 aliphatic carbocycles. The zero-order chi connectivity index (χ0) is 16.4. The first-order valence-corrected chi connectivity index (χ1v) is 7.78. The van der Waals surface area contributed by atoms with E-state index < -0.39 is 0 Å². The van der Waals surface area contributed by atoms with E-state index in [4.69, 9.17) is 23.2 Å². The van der Waals surface area contributed by atoms with Crippen molar-refractivity contribution in [1.82, 2.24) is 25.1 Å². The standard InChI is InChI=1S/C16H15Cl2N5/c1-22(2)15(11-6-8-12(17)9-7-11)16-19-20-21-23(16)14-5-3-4-13(18)10-14/h3-10,15H,1-2H3. The molecular formula is C16H15Cl2N5. The molecule has 0 bridgehead atoms. The number of tetrazole rings is 1. The molecule has 2 aromatic carbocycles. The second-order valence-corrected chi connectivity index (χ2v) is 6.22. The molecule has 3 aromatic rings. The lowest BCUT2D eigenvalue weighted by Gasteiger charge is -2.23. The molecule has 1 unspecified atom stereocenters. The fraction of sp³-hybridized carbons (Fsp3) is 0.188. The van der Waals surface area contributed by atoms with E-state index in [2.05, 4.69) is 20.4 Å². The van der Waals surface area contributed by atoms with Crippen molar-refractivity contribution in [1.29, 1.82) is 0 Å². The number of aromatic nitrogens is 4. The molecule has 1 heterocycles. The number of nitrogens with zero attached hydrogens (tertiary/aromatic N) is 5. The second-order valence-electron chi connectivity index (χ2n) is 5.35. The SMILES string of the molecule is CN(C)C(c1ccc(Cl)cc1)c1nnnn1-c1cccc(Cl)c1. The van der Waals surface area contributed by atoms with Crippen LogP contribution in [0.3, 0.4) is 0 Å². The molecule has 0 N–H and O–H groups in total. The number of hydrogen-bond donors (Lipinski definition) is 0. The monoisotopic (exact) mass is 347 g/mol. The molecule has 118 valence electrons. The van der Waals surface area contributed by atoms with Crippen LogP contribution in [0.4, 0.5) is 0 Å². The van der Waals surface area contributed by atoms with Gasteiger partial charge in [-0.15, -0.1) is 5.10 Å². The molecule has 3 rings (SSSR count). The second kappa shape index (κ2) is 6.66. The summed E-state index contributed by atoms with van der Waals surface area (Å²) < 4.78 is 1.70. The van der Waals surface area contributed by atoms with Crippen LogP contribution in [0.15, 0.2) is 48.5 Å². The van der Waals surface area contributed by atoms with Crippen molar-refractivity contribution in [3.8, 4) is 5.69 Å². The van der Waals surface area contributed by atoms with E-state index >= 15 is 0 Å². The Kier molecular flexibility index (Phi) is 4.61. The molecule has 7 heteroatoms. The van der Waals surface area contributed by atoms with Gasteiger partial charge in [-0.1, -0.05) is 41.4 Å². The molecule has 0 fully saturated rings. The highest BCUT2D eigenvalue weighted by Crippen LogP contribution is 2.27. The van der Waals surface area contributed by atoms with Crippen molar-refractivity contribution in [3.05, 3.63) is 70.0 Å². The Hall–Kier alpha value is -1.95. The van der Waals surface area contributed by atoms with Crippen LogP contribution in [0.1, 0.15) is 17.4 Å². The van der Waals surface area contributed by atoms with Crippen LogP contribution < -0.4 is 0 Å². The zero-order valence-electron chi connectivity index (χ0n) is 12.7. The smallest absolute Gasteiger partial charge is 0.178 e. The lowest BCUT2D eigenvalue weighted by atomic mass is 10.1. The average Bonchev–Trinajstić information content (AvgIpc) is 2.98. The van der Waals surface area contributed by atoms with Gasteiger partial charge in [0.1, 0.15) is 0 Å². The summed E-state index contributed by atoms with van der Waals surface area (Å²) in [4.78, 5) is 2.05. The molecule has 0 saturated heterocycles. The van der Waals surface area contributed by atoms with Gasteiger partial charge in [-0.25, -0.2) is 0 Å². The Morgan fingerprint density at radius 2 is 1.74 bits per heavy atom. The summed E-state index contributed by atoms with van der Waals surface area (Å²) >= 11 is 12.1. The van der Waals surface area contributed by atoms with E-state index in [1.807, 2.05) is 62.6 Å². The van der Waals surface area contributed by atoms with E-state index in [-0.39, 0.29) is 6.04 Å². The molecule has 1 atom stereocenters. The topological polar surface area (TPSA) is 46.8 Å². The van der Waals surface area contributed by atoms with Crippen molar-refractivity contribution in [2.45, 2.75) is 6.04 Å². The summed E-state index contributed by atoms with van der Waals surface area (Å²) in [6, 6.07) is 15.0. The van der Waals surface area contributed by atoms with Crippen LogP contribution in [0.2, 0.25) is 10.0 Å². The Labute approximate surface area is 144 Å². The summed E-state index contributed by atoms with van der Waals surface area (Å²) in [5, 5.41) is 13.5. The predicted octanol–water partition coefficient (Wildman–Crippen LogP) is 3.62. The number of halogens is 2. The van der Waals surface area contributed by atoms with Gasteiger partial charge in [0.25, 0.3) is 0 Å². The van der Waals surface area contributed by atoms with Gasteiger partial charge >= 0.3 is 0 Å². The maximum Gasteiger partial charge on any atom is 0.178 e. The summed E-state index contributed by atoms with van der Waals surface area (Å²) in [7, 11) is 3.96. The zero-order valence-corrected chi connectivity index (χ0v) is 14.2. The summed E-state index contributed by atoms with van der Waals surface area (Å²) in [6.07, 6.45) is 0. The third-order valence-corrected chi connectivity index (χ3v) is 3.98. The molecule has 0 saturated carbocycles. The highest BCUT2D eigenvalue weighted by atomic mass is 35.5. The minimum Gasteiger partial charge on any atom is -0.296 e. The molecule has 0 spiro atoms. The van der Waals surface area contributed by atoms with Gasteiger partial charge in [-0.05, 0) is 60.4 Å². The van der Waals surface area contributed by atoms with Gasteiger partial charge in [0.15, 0.2) is 5.82 Å². The normalized spacial score (nSPS) is 12.6. The minimum absolute atomic E-state index is 0.110. The molecule has 23 heavy (non-hydrogen) atoms. The Morgan fingerprint density at radius 3 is 2.39 bits per heavy atom. The van der Waals surface area contributed by atoms with Crippen LogP contribution in [-0.4, -0.2) is 39.2 Å². The molecule has 0 amide bonds. The van der Waals surface area contributed by atoms with Crippen LogP contribution in [0.25, 0.3) is 5.69 Å². The number of benzene rings is 2. The van der Waals surface area contributed by atoms with Gasteiger partial charge in [0, 0.05) is 10.0 Å². The van der Waals surface area contributed by atoms with Crippen LogP contribution in [0.5, 0.6) is 0 Å². The molecule has 0 aliphatic heterocycles. The van der Waals surface area contributed by atoms with Gasteiger partial charge in [-0.3, -0.25) is 4.90 Å². The molecule has 0 aliphatic rings. The lowest BCUT2D eigenvalue weighted by Crippen LogP contribution is -2.24. The lowest BCUT2D eigenvalue weighted by molar-refractivity contribution is 0.325. The van der Waals surface area contributed by atoms with Crippen molar-refractivity contribution in [2.75, 3.05) is 14.1 Å². The van der Waals surface area contributed by atoms with Crippen molar-refractivity contribution in [3.63, 3.8) is 0 Å². The van der Waals surface area contributed by atoms with Gasteiger partial charge in [0.2, 0.25) is 0 Å². The van der Waals surface area contributed by atoms with Gasteiger partial charge in [0.05, 0.1) is 11.7 Å². The molecule has 1 aromatic heterocycles. The van der Waals surface area contributed by atoms with E-state index in [0.29, 0.717) is 15.9 Å². The van der Waals surface area contributed by atoms with E-state index in [1.165, 1.54) is 0 Å². The maximum absolute atomic E-state index is 6.08. The fourth-order valence-electron chi connectivity index (χ4n) is 2.48. The van der Waals surface area contributed by atoms with Gasteiger partial charge in [-0.2, -0.15) is 4.68 Å². The summed E-state index contributed by atoms with van der Waals surface area (Å²) in [5.41, 5.74) is 1.87. The minimum atomic E-state index is -0.110. The highest BCUT2D eigenvalue weighted by molar-refractivity contribution is 6.30. The average molecular weight is 348 g/mol. The van der Waals surface area contributed by atoms with Crippen LogP contribution >= 0.6 is 23.2 Å². The Balaban J connectivity index is 2.08. The largest absolute Gasteiger partial charge is 0.296 e. The summed E-state index contributed by atoms with van der Waals surface area (Å²) in [5.74, 6) is 0.708. The first-order valence-electron chi connectivity index (χ1n) is 7.02. The first-order chi connectivity index (χ1) is 11.1. The van der Waals surface area contributed by atoms with Gasteiger partial charge < -0.3 is 0 Å². The third kappa shape index (κ3) is 3.37. The molecule has 0 radical (unpaired) electrons. The van der Waals surface area contributed by atoms with E-state index in [9.17, 15) is 0 Å². The van der Waals surface area contributed by atoms with E-state index in [0.717, 1.165) is 11.3 Å². The Morgan fingerprint density at radius 1 is 1.00 bits per heavy atom. The Bertz CT molecular complexity index is 798. The summed E-state index contributed by atoms with van der Waals surface area (Å²) in [6.45, 7) is 0. The first kappa shape index (κ1) is 15.9. The number of hydrogen-bond acceptors (Lipinski definition) is 4. The molecular weight excluding hydrogens is 333 g/mol. The number of rotatable bonds is 4. The van der Waals surface area contributed by atoms with E-state index in [1.54, 1.807) is 4.68 Å². The van der Waals surface area contributed by atoms with Crippen LogP contribution in [-0.2, 0) is 0 Å².